The van der Waals surface area contributed by atoms with E-state index in [1.807, 2.05) is 6.92 Å². The van der Waals surface area contributed by atoms with Gasteiger partial charge in [-0.15, -0.1) is 6.58 Å². The third-order valence-electron chi connectivity index (χ3n) is 4.67. The maximum absolute atomic E-state index is 12.8. The largest absolute Gasteiger partial charge is 0.490 e. The van der Waals surface area contributed by atoms with Crippen LogP contribution in [0.5, 0.6) is 11.5 Å². The second-order valence-corrected chi connectivity index (χ2v) is 8.24. The number of nitro groups is 1. The van der Waals surface area contributed by atoms with Crippen LogP contribution in [0.15, 0.2) is 59.1 Å². The molecule has 34 heavy (non-hydrogen) atoms. The van der Waals surface area contributed by atoms with Crippen molar-refractivity contribution in [2.24, 2.45) is 0 Å². The number of hydrogen-bond donors (Lipinski definition) is 1. The van der Waals surface area contributed by atoms with Crippen LogP contribution < -0.4 is 14.8 Å². The third kappa shape index (κ3) is 5.67. The number of nitro benzene ring substituents is 1. The number of thiocarbonyl (C=S) groups is 1. The topological polar surface area (TPSA) is 111 Å². The number of nitrogens with one attached hydrogen (secondary N) is 1. The number of amides is 2. The first-order chi connectivity index (χ1) is 16.2. The molecule has 0 saturated carbocycles. The number of halogens is 1. The standard InChI is InChI=1S/C23H20BrN3O6S/c1-3-9-26-22(29)17(21(28)25-23(26)34)10-15-11-18(24)20(19(12-15)32-4-2)33-13-14-5-7-16(8-6-14)27(30)31/h3,5-8,10-12H,1,4,9,13H2,2H3,(H,25,28,34)/b17-10+. The molecule has 176 valence electrons. The van der Waals surface area contributed by atoms with Crippen LogP contribution in [0.4, 0.5) is 5.69 Å². The first kappa shape index (κ1) is 25.1. The molecule has 1 aliphatic rings. The highest BCUT2D eigenvalue weighted by Crippen LogP contribution is 2.38. The zero-order chi connectivity index (χ0) is 24.8. The molecule has 0 atom stereocenters. The molecule has 1 aliphatic heterocycles. The Morgan fingerprint density at radius 3 is 2.56 bits per heavy atom. The van der Waals surface area contributed by atoms with Gasteiger partial charge in [0.15, 0.2) is 16.6 Å². The number of rotatable bonds is 9. The molecule has 0 bridgehead atoms. The van der Waals surface area contributed by atoms with E-state index in [1.54, 1.807) is 24.3 Å². The number of nitrogens with zero attached hydrogens (tertiary/aromatic N) is 2. The Hall–Kier alpha value is -3.57. The Morgan fingerprint density at radius 2 is 1.94 bits per heavy atom. The van der Waals surface area contributed by atoms with Crippen molar-refractivity contribution in [2.75, 3.05) is 13.2 Å². The number of non-ortho nitro benzene ring substituents is 1. The highest BCUT2D eigenvalue weighted by Gasteiger charge is 2.32. The van der Waals surface area contributed by atoms with E-state index in [9.17, 15) is 19.7 Å². The van der Waals surface area contributed by atoms with Crippen molar-refractivity contribution in [1.82, 2.24) is 10.2 Å². The Kier molecular flexibility index (Phi) is 8.13. The van der Waals surface area contributed by atoms with Gasteiger partial charge in [0.05, 0.1) is 16.0 Å². The van der Waals surface area contributed by atoms with Gasteiger partial charge < -0.3 is 9.47 Å². The van der Waals surface area contributed by atoms with Gasteiger partial charge in [-0.2, -0.15) is 0 Å². The van der Waals surface area contributed by atoms with Gasteiger partial charge >= 0.3 is 0 Å². The van der Waals surface area contributed by atoms with Gasteiger partial charge in [0, 0.05) is 18.7 Å². The summed E-state index contributed by atoms with van der Waals surface area (Å²) in [4.78, 5) is 36.8. The van der Waals surface area contributed by atoms with E-state index in [2.05, 4.69) is 27.8 Å². The minimum atomic E-state index is -0.595. The third-order valence-corrected chi connectivity index (χ3v) is 5.58. The maximum Gasteiger partial charge on any atom is 0.269 e. The van der Waals surface area contributed by atoms with E-state index in [-0.39, 0.29) is 29.5 Å². The second kappa shape index (κ2) is 11.0. The molecule has 0 unspecified atom stereocenters. The van der Waals surface area contributed by atoms with E-state index in [0.29, 0.717) is 28.1 Å². The van der Waals surface area contributed by atoms with Gasteiger partial charge in [0.1, 0.15) is 12.2 Å². The van der Waals surface area contributed by atoms with Gasteiger partial charge in [-0.1, -0.05) is 6.08 Å². The van der Waals surface area contributed by atoms with Gasteiger partial charge in [-0.25, -0.2) is 0 Å². The molecule has 0 aromatic heterocycles. The van der Waals surface area contributed by atoms with Crippen LogP contribution in [0.1, 0.15) is 18.1 Å². The number of carbonyl (C=O) groups is 2. The van der Waals surface area contributed by atoms with Crippen LogP contribution in [0, 0.1) is 10.1 Å². The summed E-state index contributed by atoms with van der Waals surface area (Å²) < 4.78 is 12.2. The van der Waals surface area contributed by atoms with E-state index < -0.39 is 16.7 Å². The Bertz CT molecular complexity index is 1200. The first-order valence-electron chi connectivity index (χ1n) is 10.1. The first-order valence-corrected chi connectivity index (χ1v) is 11.3. The SMILES string of the molecule is C=CCN1C(=O)/C(=C/c2cc(Br)c(OCc3ccc([N+](=O)[O-])cc3)c(OCC)c2)C(=O)NC1=S. The van der Waals surface area contributed by atoms with Crippen LogP contribution in [0.25, 0.3) is 6.08 Å². The van der Waals surface area contributed by atoms with Crippen molar-refractivity contribution in [2.45, 2.75) is 13.5 Å². The molecule has 0 radical (unpaired) electrons. The summed E-state index contributed by atoms with van der Waals surface area (Å²) in [5.41, 5.74) is 1.17. The molecule has 1 saturated heterocycles. The minimum Gasteiger partial charge on any atom is -0.490 e. The van der Waals surface area contributed by atoms with Crippen molar-refractivity contribution < 1.29 is 24.0 Å². The van der Waals surface area contributed by atoms with E-state index in [1.165, 1.54) is 29.2 Å². The Labute approximate surface area is 209 Å². The van der Waals surface area contributed by atoms with Crippen LogP contribution >= 0.6 is 28.1 Å². The summed E-state index contributed by atoms with van der Waals surface area (Å²) in [5.74, 6) is -0.312. The van der Waals surface area contributed by atoms with Crippen molar-refractivity contribution in [3.8, 4) is 11.5 Å². The number of carbonyl (C=O) groups excluding carboxylic acids is 2. The zero-order valence-electron chi connectivity index (χ0n) is 18.1. The van der Waals surface area contributed by atoms with Crippen molar-refractivity contribution in [3.05, 3.63) is 80.3 Å². The molecule has 1 N–H and O–H groups in total. The zero-order valence-corrected chi connectivity index (χ0v) is 20.5. The lowest BCUT2D eigenvalue weighted by molar-refractivity contribution is -0.384. The van der Waals surface area contributed by atoms with Crippen LogP contribution in [0.2, 0.25) is 0 Å². The van der Waals surface area contributed by atoms with Crippen LogP contribution in [0.3, 0.4) is 0 Å². The normalized spacial score (nSPS) is 14.7. The minimum absolute atomic E-state index is 0.00830. The average Bonchev–Trinajstić information content (AvgIpc) is 2.79. The van der Waals surface area contributed by atoms with Crippen molar-refractivity contribution in [3.63, 3.8) is 0 Å². The molecule has 11 heteroatoms. The molecule has 1 heterocycles. The van der Waals surface area contributed by atoms with E-state index >= 15 is 0 Å². The van der Waals surface area contributed by atoms with Crippen LogP contribution in [-0.4, -0.2) is 39.9 Å². The van der Waals surface area contributed by atoms with Gasteiger partial charge in [0.2, 0.25) is 0 Å². The van der Waals surface area contributed by atoms with Crippen molar-refractivity contribution in [1.29, 1.82) is 0 Å². The molecule has 2 aromatic carbocycles. The van der Waals surface area contributed by atoms with E-state index in [4.69, 9.17) is 21.7 Å². The highest BCUT2D eigenvalue weighted by atomic mass is 79.9. The fraction of sp³-hybridized carbons (Fsp3) is 0.174. The van der Waals surface area contributed by atoms with Gasteiger partial charge in [-0.05, 0) is 76.5 Å². The molecule has 2 amide bonds. The van der Waals surface area contributed by atoms with Gasteiger partial charge in [-0.3, -0.25) is 29.9 Å². The van der Waals surface area contributed by atoms with Crippen molar-refractivity contribution >= 4 is 56.8 Å². The summed E-state index contributed by atoms with van der Waals surface area (Å²) >= 11 is 8.53. The molecule has 1 fully saturated rings. The quantitative estimate of drug-likeness (QED) is 0.126. The molecular formula is C23H20BrN3O6S. The lowest BCUT2D eigenvalue weighted by Crippen LogP contribution is -2.53. The maximum atomic E-state index is 12.8. The predicted molar refractivity (Wildman–Crippen MR) is 133 cm³/mol. The molecule has 0 spiro atoms. The molecule has 2 aromatic rings. The lowest BCUT2D eigenvalue weighted by atomic mass is 10.1. The Balaban J connectivity index is 1.88. The predicted octanol–water partition coefficient (Wildman–Crippen LogP) is 4.15. The number of benzene rings is 2. The summed E-state index contributed by atoms with van der Waals surface area (Å²) in [7, 11) is 0. The lowest BCUT2D eigenvalue weighted by Gasteiger charge is -2.27. The fourth-order valence-electron chi connectivity index (χ4n) is 3.10. The number of hydrogen-bond acceptors (Lipinski definition) is 7. The molecule has 9 nitrogen and oxygen atoms in total. The fourth-order valence-corrected chi connectivity index (χ4v) is 3.92. The molecular weight excluding hydrogens is 526 g/mol. The summed E-state index contributed by atoms with van der Waals surface area (Å²) in [6, 6.07) is 9.36. The average molecular weight is 546 g/mol. The molecule has 0 aliphatic carbocycles. The van der Waals surface area contributed by atoms with Gasteiger partial charge in [0.25, 0.3) is 17.5 Å². The Morgan fingerprint density at radius 1 is 1.24 bits per heavy atom. The summed E-state index contributed by atoms with van der Waals surface area (Å²) in [6.45, 7) is 6.07. The second-order valence-electron chi connectivity index (χ2n) is 7.00. The number of ether oxygens (including phenoxy) is 2. The summed E-state index contributed by atoms with van der Waals surface area (Å²) in [5, 5.41) is 13.4. The summed E-state index contributed by atoms with van der Waals surface area (Å²) in [6.07, 6.45) is 2.96. The monoisotopic (exact) mass is 545 g/mol. The highest BCUT2D eigenvalue weighted by molar-refractivity contribution is 9.10. The van der Waals surface area contributed by atoms with Crippen LogP contribution in [-0.2, 0) is 16.2 Å². The molecule has 3 rings (SSSR count). The van der Waals surface area contributed by atoms with E-state index in [0.717, 1.165) is 5.56 Å². The smallest absolute Gasteiger partial charge is 0.269 e.